The van der Waals surface area contributed by atoms with Gasteiger partial charge in [-0.3, -0.25) is 14.7 Å². The summed E-state index contributed by atoms with van der Waals surface area (Å²) < 4.78 is 6.00. The summed E-state index contributed by atoms with van der Waals surface area (Å²) in [4.78, 5) is 25.8. The molecule has 7 heteroatoms. The van der Waals surface area contributed by atoms with Crippen molar-refractivity contribution in [3.8, 4) is 5.75 Å². The molecule has 1 aromatic heterocycles. The second kappa shape index (κ2) is 9.26. The molecule has 0 saturated heterocycles. The molecule has 2 amide bonds. The lowest BCUT2D eigenvalue weighted by molar-refractivity contribution is -0.118. The highest BCUT2D eigenvalue weighted by molar-refractivity contribution is 6.01. The quantitative estimate of drug-likeness (QED) is 0.557. The molecule has 3 aromatic rings. The molecule has 0 aliphatic heterocycles. The summed E-state index contributed by atoms with van der Waals surface area (Å²) in [5.74, 6) is 0.424. The van der Waals surface area contributed by atoms with Crippen LogP contribution in [0.5, 0.6) is 5.75 Å². The maximum Gasteiger partial charge on any atom is 0.252 e. The maximum absolute atomic E-state index is 13.0. The van der Waals surface area contributed by atoms with Gasteiger partial charge in [0.15, 0.2) is 0 Å². The smallest absolute Gasteiger partial charge is 0.252 e. The number of H-pyrrole nitrogens is 1. The number of hydrogen-bond acceptors (Lipinski definition) is 4. The van der Waals surface area contributed by atoms with Crippen LogP contribution >= 0.6 is 0 Å². The van der Waals surface area contributed by atoms with Crippen molar-refractivity contribution in [2.24, 2.45) is 0 Å². The minimum atomic E-state index is -0.860. The molecule has 0 radical (unpaired) electrons. The first kappa shape index (κ1) is 19.7. The Morgan fingerprint density at radius 1 is 1.03 bits per heavy atom. The van der Waals surface area contributed by atoms with E-state index in [-0.39, 0.29) is 17.9 Å². The first-order valence-electron chi connectivity index (χ1n) is 10.1. The van der Waals surface area contributed by atoms with Gasteiger partial charge in [-0.2, -0.15) is 5.10 Å². The third-order valence-electron chi connectivity index (χ3n) is 5.13. The van der Waals surface area contributed by atoms with E-state index in [4.69, 9.17) is 4.74 Å². The third-order valence-corrected chi connectivity index (χ3v) is 5.13. The van der Waals surface area contributed by atoms with Crippen molar-refractivity contribution >= 4 is 17.6 Å². The number of carbonyl (C=O) groups excluding carboxylic acids is 2. The number of nitrogens with one attached hydrogen (secondary N) is 3. The molecule has 3 N–H and O–H groups in total. The van der Waals surface area contributed by atoms with Gasteiger partial charge in [0.05, 0.1) is 12.3 Å². The molecule has 1 aliphatic rings. The maximum atomic E-state index is 13.0. The van der Waals surface area contributed by atoms with E-state index in [0.717, 1.165) is 12.8 Å². The number of anilines is 1. The van der Waals surface area contributed by atoms with Gasteiger partial charge in [0.1, 0.15) is 17.6 Å². The van der Waals surface area contributed by atoms with Crippen LogP contribution in [0, 0.1) is 0 Å². The number of amides is 2. The Balaban J connectivity index is 1.50. The van der Waals surface area contributed by atoms with Gasteiger partial charge in [-0.15, -0.1) is 0 Å². The summed E-state index contributed by atoms with van der Waals surface area (Å²) in [6, 6.07) is 17.0. The zero-order valence-corrected chi connectivity index (χ0v) is 16.5. The topological polar surface area (TPSA) is 96.1 Å². The summed E-state index contributed by atoms with van der Waals surface area (Å²) >= 11 is 0. The van der Waals surface area contributed by atoms with E-state index < -0.39 is 6.04 Å². The van der Waals surface area contributed by atoms with Crippen LogP contribution in [0.2, 0.25) is 0 Å². The molecule has 4 rings (SSSR count). The number of rotatable bonds is 7. The number of nitrogens with zero attached hydrogens (tertiary/aromatic N) is 1. The first-order valence-corrected chi connectivity index (χ1v) is 10.1. The van der Waals surface area contributed by atoms with Crippen molar-refractivity contribution in [1.82, 2.24) is 15.5 Å². The van der Waals surface area contributed by atoms with Gasteiger partial charge in [-0.25, -0.2) is 0 Å². The molecule has 1 heterocycles. The average molecular weight is 404 g/mol. The fourth-order valence-electron chi connectivity index (χ4n) is 3.60. The van der Waals surface area contributed by atoms with Crippen LogP contribution < -0.4 is 15.4 Å². The van der Waals surface area contributed by atoms with Gasteiger partial charge in [-0.05, 0) is 49.4 Å². The van der Waals surface area contributed by atoms with Crippen molar-refractivity contribution in [2.45, 2.75) is 37.8 Å². The normalized spacial score (nSPS) is 14.8. The SMILES string of the molecule is O=C(NC(C(=O)Nc1ccn[nH]1)c1ccccc1)c1cccc(OC2CCCC2)c1. The standard InChI is InChI=1S/C23H24N4O3/c28-22(17-9-6-12-19(15-17)30-18-10-4-5-11-18)26-21(16-7-2-1-3-8-16)23(29)25-20-13-14-24-27-20/h1-3,6-9,12-15,18,21H,4-5,10-11H2,(H,26,28)(H2,24,25,27,29). The molecule has 1 unspecified atom stereocenters. The Bertz CT molecular complexity index is 983. The van der Waals surface area contributed by atoms with E-state index in [0.29, 0.717) is 22.7 Å². The number of carbonyl (C=O) groups is 2. The van der Waals surface area contributed by atoms with Crippen molar-refractivity contribution in [3.63, 3.8) is 0 Å². The average Bonchev–Trinajstić information content (AvgIpc) is 3.47. The summed E-state index contributed by atoms with van der Waals surface area (Å²) in [7, 11) is 0. The predicted octanol–water partition coefficient (Wildman–Crippen LogP) is 3.84. The molecule has 1 saturated carbocycles. The van der Waals surface area contributed by atoms with Crippen molar-refractivity contribution in [3.05, 3.63) is 78.0 Å². The lowest BCUT2D eigenvalue weighted by atomic mass is 10.1. The van der Waals surface area contributed by atoms with Gasteiger partial charge >= 0.3 is 0 Å². The van der Waals surface area contributed by atoms with E-state index in [1.165, 1.54) is 12.8 Å². The largest absolute Gasteiger partial charge is 0.490 e. The fraction of sp³-hybridized carbons (Fsp3) is 0.261. The van der Waals surface area contributed by atoms with Crippen LogP contribution in [0.15, 0.2) is 66.9 Å². The molecular weight excluding hydrogens is 380 g/mol. The number of aromatic nitrogens is 2. The monoisotopic (exact) mass is 404 g/mol. The highest BCUT2D eigenvalue weighted by atomic mass is 16.5. The van der Waals surface area contributed by atoms with Crippen LogP contribution in [-0.2, 0) is 4.79 Å². The van der Waals surface area contributed by atoms with Gasteiger partial charge < -0.3 is 15.4 Å². The van der Waals surface area contributed by atoms with Gasteiger partial charge in [0.25, 0.3) is 11.8 Å². The lowest BCUT2D eigenvalue weighted by Crippen LogP contribution is -2.37. The van der Waals surface area contributed by atoms with Crippen molar-refractivity contribution in [1.29, 1.82) is 0 Å². The second-order valence-electron chi connectivity index (χ2n) is 7.33. The molecule has 0 spiro atoms. The molecule has 1 aliphatic carbocycles. The van der Waals surface area contributed by atoms with Crippen LogP contribution in [0.3, 0.4) is 0 Å². The Kier molecular flexibility index (Phi) is 6.08. The minimum absolute atomic E-state index is 0.209. The summed E-state index contributed by atoms with van der Waals surface area (Å²) in [6.45, 7) is 0. The number of ether oxygens (including phenoxy) is 1. The predicted molar refractivity (Wildman–Crippen MR) is 113 cm³/mol. The third kappa shape index (κ3) is 4.86. The highest BCUT2D eigenvalue weighted by Crippen LogP contribution is 2.25. The van der Waals surface area contributed by atoms with E-state index in [1.54, 1.807) is 42.6 Å². The molecule has 154 valence electrons. The Labute approximate surface area is 174 Å². The van der Waals surface area contributed by atoms with Crippen LogP contribution in [-0.4, -0.2) is 28.1 Å². The van der Waals surface area contributed by atoms with Gasteiger partial charge in [0.2, 0.25) is 0 Å². The molecule has 1 atom stereocenters. The van der Waals surface area contributed by atoms with E-state index in [9.17, 15) is 9.59 Å². The second-order valence-corrected chi connectivity index (χ2v) is 7.33. The summed E-state index contributed by atoms with van der Waals surface area (Å²) in [5.41, 5.74) is 1.13. The highest BCUT2D eigenvalue weighted by Gasteiger charge is 2.24. The Morgan fingerprint density at radius 2 is 1.83 bits per heavy atom. The number of benzene rings is 2. The van der Waals surface area contributed by atoms with Crippen LogP contribution in [0.4, 0.5) is 5.82 Å². The number of hydrogen-bond donors (Lipinski definition) is 3. The summed E-state index contributed by atoms with van der Waals surface area (Å²) in [5, 5.41) is 12.1. The molecule has 1 fully saturated rings. The summed E-state index contributed by atoms with van der Waals surface area (Å²) in [6.07, 6.45) is 6.19. The minimum Gasteiger partial charge on any atom is -0.490 e. The molecule has 2 aromatic carbocycles. The van der Waals surface area contributed by atoms with Crippen molar-refractivity contribution < 1.29 is 14.3 Å². The van der Waals surface area contributed by atoms with Crippen molar-refractivity contribution in [2.75, 3.05) is 5.32 Å². The molecular formula is C23H24N4O3. The van der Waals surface area contributed by atoms with Crippen LogP contribution in [0.1, 0.15) is 47.6 Å². The number of aromatic amines is 1. The zero-order valence-electron chi connectivity index (χ0n) is 16.5. The first-order chi connectivity index (χ1) is 14.7. The Hall–Kier alpha value is -3.61. The van der Waals surface area contributed by atoms with E-state index >= 15 is 0 Å². The Morgan fingerprint density at radius 3 is 2.57 bits per heavy atom. The van der Waals surface area contributed by atoms with Gasteiger partial charge in [0, 0.05) is 11.6 Å². The fourth-order valence-corrected chi connectivity index (χ4v) is 3.60. The van der Waals surface area contributed by atoms with Crippen LogP contribution in [0.25, 0.3) is 0 Å². The van der Waals surface area contributed by atoms with E-state index in [2.05, 4.69) is 20.8 Å². The molecule has 0 bridgehead atoms. The molecule has 30 heavy (non-hydrogen) atoms. The zero-order chi connectivity index (χ0) is 20.8. The molecule has 7 nitrogen and oxygen atoms in total. The van der Waals surface area contributed by atoms with Gasteiger partial charge in [-0.1, -0.05) is 36.4 Å². The van der Waals surface area contributed by atoms with E-state index in [1.807, 2.05) is 24.3 Å². The lowest BCUT2D eigenvalue weighted by Gasteiger charge is -2.19.